The van der Waals surface area contributed by atoms with E-state index in [1.807, 2.05) is 0 Å². The minimum atomic E-state index is -0.508. The zero-order chi connectivity index (χ0) is 8.97. The molecule has 0 aliphatic carbocycles. The van der Waals surface area contributed by atoms with E-state index in [2.05, 4.69) is 19.6 Å². The van der Waals surface area contributed by atoms with Crippen LogP contribution in [0.3, 0.4) is 0 Å². The molecular weight excluding hydrogens is 176 g/mol. The molecule has 1 rings (SSSR count). The first kappa shape index (κ1) is 9.86. The van der Waals surface area contributed by atoms with Crippen LogP contribution in [0, 0.1) is 0 Å². The molecule has 1 saturated heterocycles. The van der Waals surface area contributed by atoms with Gasteiger partial charge in [-0.05, 0) is 12.8 Å². The van der Waals surface area contributed by atoms with E-state index in [0.717, 1.165) is 25.9 Å². The summed E-state index contributed by atoms with van der Waals surface area (Å²) in [6.07, 6.45) is 3.11. The lowest BCUT2D eigenvalue weighted by molar-refractivity contribution is 0.0937. The second kappa shape index (κ2) is 4.72. The van der Waals surface area contributed by atoms with Gasteiger partial charge in [-0.2, -0.15) is 0 Å². The Morgan fingerprint density at radius 1 is 1.83 bits per heavy atom. The van der Waals surface area contributed by atoms with Gasteiger partial charge in [0.25, 0.3) is 0 Å². The first-order chi connectivity index (χ1) is 5.74. The van der Waals surface area contributed by atoms with E-state index in [0.29, 0.717) is 0 Å². The average Bonchev–Trinajstić information content (AvgIpc) is 2.79. The molecule has 1 fully saturated rings. The minimum Gasteiger partial charge on any atom is -0.452 e. The molecule has 3 nitrogen and oxygen atoms in total. The number of epoxide rings is 1. The molecule has 2 unspecified atom stereocenters. The van der Waals surface area contributed by atoms with Crippen LogP contribution in [0.1, 0.15) is 26.2 Å². The molecule has 0 amide bonds. The summed E-state index contributed by atoms with van der Waals surface area (Å²) in [5, 5.41) is -0.508. The smallest absolute Gasteiger partial charge is 0.364 e. The molecule has 1 aliphatic rings. The maximum absolute atomic E-state index is 10.5. The Morgan fingerprint density at radius 2 is 2.50 bits per heavy atom. The lowest BCUT2D eigenvalue weighted by atomic mass is 10.1. The van der Waals surface area contributed by atoms with Crippen LogP contribution in [0.4, 0.5) is 4.79 Å². The van der Waals surface area contributed by atoms with Crippen LogP contribution in [0.25, 0.3) is 0 Å². The van der Waals surface area contributed by atoms with Crippen LogP contribution in [-0.4, -0.2) is 24.1 Å². The topological polar surface area (TPSA) is 38.8 Å². The van der Waals surface area contributed by atoms with E-state index < -0.39 is 5.30 Å². The van der Waals surface area contributed by atoms with Crippen LogP contribution >= 0.6 is 12.6 Å². The first-order valence-corrected chi connectivity index (χ1v) is 4.70. The summed E-state index contributed by atoms with van der Waals surface area (Å²) in [4.78, 5) is 10.5. The van der Waals surface area contributed by atoms with Gasteiger partial charge in [-0.1, -0.05) is 26.0 Å². The quantitative estimate of drug-likeness (QED) is 0.409. The minimum absolute atomic E-state index is 0.0741. The highest BCUT2D eigenvalue weighted by molar-refractivity contribution is 7.96. The van der Waals surface area contributed by atoms with Gasteiger partial charge in [0.15, 0.2) is 0 Å². The summed E-state index contributed by atoms with van der Waals surface area (Å²) in [7, 11) is 0. The zero-order valence-electron chi connectivity index (χ0n) is 7.16. The Hall–Kier alpha value is -0.220. The SMILES string of the molecule is CCCCC(OC(=O)S)C1CO1. The Balaban J connectivity index is 2.22. The predicted octanol–water partition coefficient (Wildman–Crippen LogP) is 2.01. The van der Waals surface area contributed by atoms with Crippen LogP contribution in [-0.2, 0) is 9.47 Å². The third kappa shape index (κ3) is 3.45. The van der Waals surface area contributed by atoms with Crippen LogP contribution in [0.15, 0.2) is 0 Å². The number of ether oxygens (including phenoxy) is 2. The Kier molecular flexibility index (Phi) is 3.88. The van der Waals surface area contributed by atoms with E-state index in [1.165, 1.54) is 0 Å². The third-order valence-electron chi connectivity index (χ3n) is 1.87. The Labute approximate surface area is 77.8 Å². The van der Waals surface area contributed by atoms with Crippen molar-refractivity contribution in [3.63, 3.8) is 0 Å². The fourth-order valence-electron chi connectivity index (χ4n) is 1.13. The van der Waals surface area contributed by atoms with Crippen molar-refractivity contribution in [1.29, 1.82) is 0 Å². The summed E-state index contributed by atoms with van der Waals surface area (Å²) in [6, 6.07) is 0. The molecule has 0 bridgehead atoms. The summed E-state index contributed by atoms with van der Waals surface area (Å²) < 4.78 is 10.0. The first-order valence-electron chi connectivity index (χ1n) is 4.25. The van der Waals surface area contributed by atoms with E-state index in [9.17, 15) is 4.79 Å². The molecule has 4 heteroatoms. The van der Waals surface area contributed by atoms with Gasteiger partial charge in [-0.3, -0.25) is 0 Å². The van der Waals surface area contributed by atoms with Crippen molar-refractivity contribution < 1.29 is 14.3 Å². The standard InChI is InChI=1S/C8H14O3S/c1-2-3-4-6(7-5-10-7)11-8(9)12/h6-7H,2-5H2,1H3,(H,9,12). The van der Waals surface area contributed by atoms with Gasteiger partial charge in [-0.25, -0.2) is 4.79 Å². The van der Waals surface area contributed by atoms with Crippen LogP contribution < -0.4 is 0 Å². The normalized spacial score (nSPS) is 23.3. The number of carbonyl (C=O) groups excluding carboxylic acids is 1. The highest BCUT2D eigenvalue weighted by Crippen LogP contribution is 2.22. The van der Waals surface area contributed by atoms with Crippen molar-refractivity contribution in [3.05, 3.63) is 0 Å². The Bertz CT molecular complexity index is 156. The molecule has 1 heterocycles. The van der Waals surface area contributed by atoms with Gasteiger partial charge >= 0.3 is 5.30 Å². The molecule has 0 aromatic heterocycles. The maximum Gasteiger partial charge on any atom is 0.364 e. The summed E-state index contributed by atoms with van der Waals surface area (Å²) in [5.41, 5.74) is 0. The van der Waals surface area contributed by atoms with Gasteiger partial charge in [0.2, 0.25) is 0 Å². The van der Waals surface area contributed by atoms with Gasteiger partial charge < -0.3 is 9.47 Å². The highest BCUT2D eigenvalue weighted by Gasteiger charge is 2.34. The summed E-state index contributed by atoms with van der Waals surface area (Å²) >= 11 is 3.57. The number of hydrogen-bond acceptors (Lipinski definition) is 3. The predicted molar refractivity (Wildman–Crippen MR) is 48.5 cm³/mol. The van der Waals surface area contributed by atoms with Crippen molar-refractivity contribution in [2.45, 2.75) is 38.4 Å². The van der Waals surface area contributed by atoms with Crippen molar-refractivity contribution in [2.75, 3.05) is 6.61 Å². The number of carbonyl (C=O) groups is 1. The maximum atomic E-state index is 10.5. The molecule has 70 valence electrons. The molecule has 2 atom stereocenters. The van der Waals surface area contributed by atoms with Crippen molar-refractivity contribution in [1.82, 2.24) is 0 Å². The third-order valence-corrected chi connectivity index (χ3v) is 1.97. The summed E-state index contributed by atoms with van der Waals surface area (Å²) in [5.74, 6) is 0. The van der Waals surface area contributed by atoms with E-state index in [1.54, 1.807) is 0 Å². The largest absolute Gasteiger partial charge is 0.452 e. The van der Waals surface area contributed by atoms with Crippen molar-refractivity contribution in [3.8, 4) is 0 Å². The van der Waals surface area contributed by atoms with E-state index >= 15 is 0 Å². The molecule has 1 aliphatic heterocycles. The monoisotopic (exact) mass is 190 g/mol. The lowest BCUT2D eigenvalue weighted by Crippen LogP contribution is -2.20. The number of unbranched alkanes of at least 4 members (excludes halogenated alkanes) is 1. The van der Waals surface area contributed by atoms with Crippen LogP contribution in [0.2, 0.25) is 0 Å². The molecule has 0 aromatic carbocycles. The van der Waals surface area contributed by atoms with Crippen molar-refractivity contribution >= 4 is 17.9 Å². The average molecular weight is 190 g/mol. The van der Waals surface area contributed by atoms with E-state index in [4.69, 9.17) is 9.47 Å². The number of hydrogen-bond donors (Lipinski definition) is 1. The number of thiol groups is 1. The molecule has 0 radical (unpaired) electrons. The van der Waals surface area contributed by atoms with Gasteiger partial charge in [0.1, 0.15) is 12.2 Å². The van der Waals surface area contributed by atoms with E-state index in [-0.39, 0.29) is 12.2 Å². The highest BCUT2D eigenvalue weighted by atomic mass is 32.1. The molecule has 12 heavy (non-hydrogen) atoms. The van der Waals surface area contributed by atoms with Gasteiger partial charge in [-0.15, -0.1) is 0 Å². The van der Waals surface area contributed by atoms with Crippen LogP contribution in [0.5, 0.6) is 0 Å². The second-order valence-electron chi connectivity index (χ2n) is 2.94. The lowest BCUT2D eigenvalue weighted by Gasteiger charge is -2.12. The van der Waals surface area contributed by atoms with Gasteiger partial charge in [0, 0.05) is 0 Å². The number of rotatable bonds is 5. The van der Waals surface area contributed by atoms with Gasteiger partial charge in [0.05, 0.1) is 6.61 Å². The zero-order valence-corrected chi connectivity index (χ0v) is 8.05. The molecule has 0 aromatic rings. The fourth-order valence-corrected chi connectivity index (χ4v) is 1.26. The molecule has 0 N–H and O–H groups in total. The fraction of sp³-hybridized carbons (Fsp3) is 0.875. The molecular formula is C8H14O3S. The molecule has 0 saturated carbocycles. The summed E-state index contributed by atoms with van der Waals surface area (Å²) in [6.45, 7) is 2.82. The Morgan fingerprint density at radius 3 is 2.92 bits per heavy atom. The van der Waals surface area contributed by atoms with Crippen molar-refractivity contribution in [2.24, 2.45) is 0 Å². The molecule has 0 spiro atoms. The second-order valence-corrected chi connectivity index (χ2v) is 3.30.